The highest BCUT2D eigenvalue weighted by Crippen LogP contribution is 2.59. The summed E-state index contributed by atoms with van der Waals surface area (Å²) in [5.74, 6) is -0.146. The average molecular weight is 415 g/mol. The number of benzene rings is 1. The Kier molecular flexibility index (Phi) is 3.51. The molecule has 0 unspecified atom stereocenters. The van der Waals surface area contributed by atoms with Gasteiger partial charge in [0.25, 0.3) is 0 Å². The Morgan fingerprint density at radius 3 is 2.52 bits per heavy atom. The minimum atomic E-state index is -1.73. The van der Waals surface area contributed by atoms with Gasteiger partial charge in [-0.2, -0.15) is 5.26 Å². The second-order valence-electron chi connectivity index (χ2n) is 8.92. The second kappa shape index (κ2) is 5.67. The molecule has 0 aliphatic carbocycles. The van der Waals surface area contributed by atoms with Crippen molar-refractivity contribution >= 4 is 17.2 Å². The number of allylic oxidation sites excluding steroid dienone is 1. The zero-order valence-electron chi connectivity index (χ0n) is 17.9. The number of aryl methyl sites for hydroxylation is 2. The third-order valence-electron chi connectivity index (χ3n) is 6.34. The quantitative estimate of drug-likeness (QED) is 0.708. The van der Waals surface area contributed by atoms with E-state index in [-0.39, 0.29) is 22.8 Å². The fraction of sp³-hybridized carbons (Fsp3) is 0.292. The number of nitrogens with zero attached hydrogens (tertiary/aromatic N) is 2. The summed E-state index contributed by atoms with van der Waals surface area (Å²) in [6.07, 6.45) is 2.02. The lowest BCUT2D eigenvalue weighted by Crippen LogP contribution is -2.54. The van der Waals surface area contributed by atoms with Gasteiger partial charge in [0.1, 0.15) is 28.7 Å². The lowest BCUT2D eigenvalue weighted by molar-refractivity contribution is -0.121. The molecule has 1 spiro atoms. The van der Waals surface area contributed by atoms with Gasteiger partial charge in [0.05, 0.1) is 11.2 Å². The van der Waals surface area contributed by atoms with E-state index in [2.05, 4.69) is 6.07 Å². The maximum Gasteiger partial charge on any atom is 0.344 e. The van der Waals surface area contributed by atoms with Crippen LogP contribution in [0.15, 0.2) is 44.9 Å². The van der Waals surface area contributed by atoms with Gasteiger partial charge < -0.3 is 19.8 Å². The molecular formula is C24H21N3O4. The van der Waals surface area contributed by atoms with Gasteiger partial charge in [0.2, 0.25) is 11.8 Å². The van der Waals surface area contributed by atoms with Crippen molar-refractivity contribution in [2.45, 2.75) is 45.6 Å². The Bertz CT molecular complexity index is 1390. The molecule has 0 bridgehead atoms. The van der Waals surface area contributed by atoms with Gasteiger partial charge in [-0.25, -0.2) is 4.79 Å². The van der Waals surface area contributed by atoms with E-state index in [0.717, 1.165) is 16.7 Å². The molecule has 4 heterocycles. The first-order valence-electron chi connectivity index (χ1n) is 9.97. The first kappa shape index (κ1) is 19.2. The number of nitrogens with two attached hydrogens (primary N) is 1. The van der Waals surface area contributed by atoms with Crippen LogP contribution < -0.4 is 21.0 Å². The van der Waals surface area contributed by atoms with Crippen LogP contribution in [0.2, 0.25) is 0 Å². The Morgan fingerprint density at radius 2 is 1.84 bits per heavy atom. The van der Waals surface area contributed by atoms with Gasteiger partial charge in [-0.05, 0) is 46.3 Å². The standard InChI is InChI=1S/C24H21N3O4/c1-11-6-14-12(2)9-23(4,5)27-19(14)15(7-11)24(22(27)29)16(10-25)20(26)31-17-8-13(3)30-21(28)18(17)24/h6-9H,26H2,1-5H3/t24-/m1/s1. The molecule has 0 fully saturated rings. The number of ether oxygens (including phenoxy) is 1. The number of hydrogen-bond donors (Lipinski definition) is 1. The van der Waals surface area contributed by atoms with Crippen LogP contribution in [0.3, 0.4) is 0 Å². The van der Waals surface area contributed by atoms with Crippen molar-refractivity contribution in [3.05, 3.63) is 74.2 Å². The lowest BCUT2D eigenvalue weighted by atomic mass is 9.68. The number of anilines is 1. The van der Waals surface area contributed by atoms with Crippen LogP contribution in [0, 0.1) is 25.2 Å². The van der Waals surface area contributed by atoms with Crippen molar-refractivity contribution in [2.75, 3.05) is 4.90 Å². The molecule has 0 saturated heterocycles. The van der Waals surface area contributed by atoms with Crippen LogP contribution in [0.5, 0.6) is 5.75 Å². The topological polar surface area (TPSA) is 110 Å². The van der Waals surface area contributed by atoms with Gasteiger partial charge in [-0.3, -0.25) is 4.79 Å². The van der Waals surface area contributed by atoms with E-state index < -0.39 is 22.5 Å². The molecule has 3 aliphatic rings. The molecular weight excluding hydrogens is 394 g/mol. The summed E-state index contributed by atoms with van der Waals surface area (Å²) in [5, 5.41) is 10.1. The van der Waals surface area contributed by atoms with Crippen molar-refractivity contribution in [1.82, 2.24) is 0 Å². The van der Waals surface area contributed by atoms with E-state index in [9.17, 15) is 14.9 Å². The zero-order valence-corrected chi connectivity index (χ0v) is 17.9. The van der Waals surface area contributed by atoms with Gasteiger partial charge >= 0.3 is 5.63 Å². The number of hydrogen-bond acceptors (Lipinski definition) is 6. The maximum atomic E-state index is 14.3. The van der Waals surface area contributed by atoms with Gasteiger partial charge in [-0.15, -0.1) is 0 Å². The first-order chi connectivity index (χ1) is 14.5. The summed E-state index contributed by atoms with van der Waals surface area (Å²) >= 11 is 0. The molecule has 7 nitrogen and oxygen atoms in total. The van der Waals surface area contributed by atoms with Crippen LogP contribution in [-0.2, 0) is 10.2 Å². The van der Waals surface area contributed by atoms with E-state index in [4.69, 9.17) is 14.9 Å². The minimum Gasteiger partial charge on any atom is -0.440 e. The Hall–Kier alpha value is -3.79. The highest BCUT2D eigenvalue weighted by atomic mass is 16.5. The predicted octanol–water partition coefficient (Wildman–Crippen LogP) is 3.17. The number of nitriles is 1. The van der Waals surface area contributed by atoms with E-state index >= 15 is 0 Å². The van der Waals surface area contributed by atoms with E-state index in [0.29, 0.717) is 17.0 Å². The first-order valence-corrected chi connectivity index (χ1v) is 9.97. The summed E-state index contributed by atoms with van der Waals surface area (Å²) in [6, 6.07) is 7.46. The second-order valence-corrected chi connectivity index (χ2v) is 8.92. The molecule has 3 aliphatic heterocycles. The SMILES string of the molecule is CC1=CC(C)(C)N2C(=O)[C@@]3(C(C#N)=C(N)Oc4cc(C)oc(=O)c43)c3cc(C)cc1c32. The molecule has 0 saturated carbocycles. The summed E-state index contributed by atoms with van der Waals surface area (Å²) in [6.45, 7) is 9.38. The third-order valence-corrected chi connectivity index (χ3v) is 6.34. The smallest absolute Gasteiger partial charge is 0.344 e. The largest absolute Gasteiger partial charge is 0.440 e. The molecule has 1 atom stereocenters. The highest BCUT2D eigenvalue weighted by molar-refractivity contribution is 6.17. The van der Waals surface area contributed by atoms with Gasteiger partial charge in [0.15, 0.2) is 5.41 Å². The number of carbonyl (C=O) groups excluding carboxylic acids is 1. The highest BCUT2D eigenvalue weighted by Gasteiger charge is 2.64. The summed E-state index contributed by atoms with van der Waals surface area (Å²) in [4.78, 5) is 29.2. The average Bonchev–Trinajstić information content (AvgIpc) is 2.89. The van der Waals surface area contributed by atoms with E-state index in [1.165, 1.54) is 6.07 Å². The molecule has 31 heavy (non-hydrogen) atoms. The number of fused-ring (bicyclic) bond motifs is 3. The van der Waals surface area contributed by atoms with Crippen LogP contribution in [-0.4, -0.2) is 11.4 Å². The number of amides is 1. The number of rotatable bonds is 0. The normalized spacial score (nSPS) is 22.6. The molecule has 7 heteroatoms. The summed E-state index contributed by atoms with van der Waals surface area (Å²) < 4.78 is 11.0. The fourth-order valence-corrected chi connectivity index (χ4v) is 5.32. The fourth-order valence-electron chi connectivity index (χ4n) is 5.32. The molecule has 0 radical (unpaired) electrons. The van der Waals surface area contributed by atoms with Crippen LogP contribution in [0.4, 0.5) is 5.69 Å². The van der Waals surface area contributed by atoms with Crippen LogP contribution >= 0.6 is 0 Å². The number of carbonyl (C=O) groups is 1. The van der Waals surface area contributed by atoms with Crippen molar-refractivity contribution in [1.29, 1.82) is 5.26 Å². The van der Waals surface area contributed by atoms with Gasteiger partial charge in [0, 0.05) is 17.2 Å². The Balaban J connectivity index is 2.03. The molecule has 1 amide bonds. The molecule has 2 aromatic rings. The van der Waals surface area contributed by atoms with Crippen molar-refractivity contribution < 1.29 is 13.9 Å². The summed E-state index contributed by atoms with van der Waals surface area (Å²) in [7, 11) is 0. The van der Waals surface area contributed by atoms with Crippen LogP contribution in [0.25, 0.3) is 5.57 Å². The minimum absolute atomic E-state index is 0.00972. The van der Waals surface area contributed by atoms with Crippen molar-refractivity contribution in [3.63, 3.8) is 0 Å². The Labute approximate surface area is 179 Å². The van der Waals surface area contributed by atoms with Crippen molar-refractivity contribution in [2.24, 2.45) is 5.73 Å². The molecule has 5 rings (SSSR count). The third kappa shape index (κ3) is 2.12. The molecule has 1 aromatic heterocycles. The molecule has 1 aromatic carbocycles. The monoisotopic (exact) mass is 415 g/mol. The van der Waals surface area contributed by atoms with E-state index in [1.807, 2.05) is 45.9 Å². The lowest BCUT2D eigenvalue weighted by Gasteiger charge is -2.40. The zero-order chi connectivity index (χ0) is 22.5. The maximum absolute atomic E-state index is 14.3. The molecule has 2 N–H and O–H groups in total. The van der Waals surface area contributed by atoms with Crippen LogP contribution in [0.1, 0.15) is 48.8 Å². The van der Waals surface area contributed by atoms with Gasteiger partial charge in [-0.1, -0.05) is 17.7 Å². The predicted molar refractivity (Wildman–Crippen MR) is 114 cm³/mol. The molecule has 156 valence electrons. The Morgan fingerprint density at radius 1 is 1.13 bits per heavy atom. The van der Waals surface area contributed by atoms with E-state index in [1.54, 1.807) is 11.8 Å². The summed E-state index contributed by atoms with van der Waals surface area (Å²) in [5.41, 5.74) is 6.97. The van der Waals surface area contributed by atoms with Crippen molar-refractivity contribution in [3.8, 4) is 11.8 Å².